The van der Waals surface area contributed by atoms with Gasteiger partial charge in [-0.3, -0.25) is 4.98 Å². The van der Waals surface area contributed by atoms with Crippen LogP contribution in [0.3, 0.4) is 0 Å². The van der Waals surface area contributed by atoms with Crippen LogP contribution in [-0.4, -0.2) is 4.98 Å². The summed E-state index contributed by atoms with van der Waals surface area (Å²) in [5.74, 6) is 1.44. The van der Waals surface area contributed by atoms with Crippen LogP contribution in [0.2, 0.25) is 0 Å². The Kier molecular flexibility index (Phi) is 4.96. The SMILES string of the molecule is CC[C@H](N)c1ccc(Oc2ccc(Br)cc2Br)cn1. The lowest BCUT2D eigenvalue weighted by molar-refractivity contribution is 0.476. The first-order valence-corrected chi connectivity index (χ1v) is 7.53. The highest BCUT2D eigenvalue weighted by Crippen LogP contribution is 2.31. The molecule has 2 aromatic rings. The van der Waals surface area contributed by atoms with Crippen LogP contribution in [0.25, 0.3) is 0 Å². The van der Waals surface area contributed by atoms with E-state index in [1.54, 1.807) is 6.20 Å². The molecule has 0 aliphatic heterocycles. The number of nitrogens with zero attached hydrogens (tertiary/aromatic N) is 1. The second-order valence-electron chi connectivity index (χ2n) is 4.11. The molecule has 1 heterocycles. The lowest BCUT2D eigenvalue weighted by Gasteiger charge is -2.10. The zero-order valence-corrected chi connectivity index (χ0v) is 13.6. The maximum Gasteiger partial charge on any atom is 0.145 e. The summed E-state index contributed by atoms with van der Waals surface area (Å²) in [5.41, 5.74) is 6.80. The average molecular weight is 386 g/mol. The molecule has 1 aromatic heterocycles. The van der Waals surface area contributed by atoms with Crippen molar-refractivity contribution in [1.82, 2.24) is 4.98 Å². The minimum Gasteiger partial charge on any atom is -0.455 e. The number of aromatic nitrogens is 1. The summed E-state index contributed by atoms with van der Waals surface area (Å²) in [4.78, 5) is 4.32. The number of hydrogen-bond donors (Lipinski definition) is 1. The fourth-order valence-corrected chi connectivity index (χ4v) is 2.69. The predicted molar refractivity (Wildman–Crippen MR) is 83.4 cm³/mol. The molecule has 2 rings (SSSR count). The maximum atomic E-state index is 5.92. The van der Waals surface area contributed by atoms with E-state index in [4.69, 9.17) is 10.5 Å². The molecule has 19 heavy (non-hydrogen) atoms. The van der Waals surface area contributed by atoms with Gasteiger partial charge in [-0.15, -0.1) is 0 Å². The zero-order chi connectivity index (χ0) is 13.8. The smallest absolute Gasteiger partial charge is 0.145 e. The van der Waals surface area contributed by atoms with E-state index in [1.807, 2.05) is 37.3 Å². The van der Waals surface area contributed by atoms with Crippen molar-refractivity contribution in [3.05, 3.63) is 51.2 Å². The van der Waals surface area contributed by atoms with Crippen molar-refractivity contribution in [2.75, 3.05) is 0 Å². The van der Waals surface area contributed by atoms with Gasteiger partial charge in [0.25, 0.3) is 0 Å². The number of pyridine rings is 1. The summed E-state index contributed by atoms with van der Waals surface area (Å²) >= 11 is 6.86. The van der Waals surface area contributed by atoms with E-state index in [0.717, 1.165) is 26.8 Å². The van der Waals surface area contributed by atoms with Crippen molar-refractivity contribution in [3.63, 3.8) is 0 Å². The molecule has 0 aliphatic carbocycles. The second kappa shape index (κ2) is 6.50. The fourth-order valence-electron chi connectivity index (χ4n) is 1.57. The van der Waals surface area contributed by atoms with Crippen LogP contribution < -0.4 is 10.5 Å². The summed E-state index contributed by atoms with van der Waals surface area (Å²) in [7, 11) is 0. The normalized spacial score (nSPS) is 12.2. The Labute approximate surface area is 129 Å². The molecule has 0 unspecified atom stereocenters. The van der Waals surface area contributed by atoms with E-state index in [2.05, 4.69) is 36.8 Å². The molecule has 100 valence electrons. The average Bonchev–Trinajstić information content (AvgIpc) is 2.42. The Hall–Kier alpha value is -0.910. The third kappa shape index (κ3) is 3.78. The minimum atomic E-state index is -0.0199. The Morgan fingerprint density at radius 3 is 2.63 bits per heavy atom. The maximum absolute atomic E-state index is 5.92. The molecule has 5 heteroatoms. The molecule has 0 fully saturated rings. The van der Waals surface area contributed by atoms with Gasteiger partial charge in [0, 0.05) is 10.5 Å². The molecule has 2 N–H and O–H groups in total. The van der Waals surface area contributed by atoms with Gasteiger partial charge in [0.15, 0.2) is 0 Å². The number of hydrogen-bond acceptors (Lipinski definition) is 3. The molecule has 0 amide bonds. The number of ether oxygens (including phenoxy) is 1. The van der Waals surface area contributed by atoms with Crippen LogP contribution in [-0.2, 0) is 0 Å². The summed E-state index contributed by atoms with van der Waals surface area (Å²) < 4.78 is 7.64. The standard InChI is InChI=1S/C14H14Br2N2O/c1-2-12(17)13-5-4-10(8-18-13)19-14-6-3-9(15)7-11(14)16/h3-8,12H,2,17H2,1H3/t12-/m0/s1. The number of nitrogens with two attached hydrogens (primary N) is 1. The first-order chi connectivity index (χ1) is 9.10. The van der Waals surface area contributed by atoms with Crippen LogP contribution in [0.15, 0.2) is 45.5 Å². The van der Waals surface area contributed by atoms with E-state index in [0.29, 0.717) is 5.75 Å². The van der Waals surface area contributed by atoms with Crippen molar-refractivity contribution in [1.29, 1.82) is 0 Å². The van der Waals surface area contributed by atoms with Gasteiger partial charge in [-0.25, -0.2) is 0 Å². The van der Waals surface area contributed by atoms with Gasteiger partial charge in [-0.2, -0.15) is 0 Å². The third-order valence-electron chi connectivity index (χ3n) is 2.70. The van der Waals surface area contributed by atoms with Gasteiger partial charge in [-0.05, 0) is 52.7 Å². The minimum absolute atomic E-state index is 0.0199. The van der Waals surface area contributed by atoms with Gasteiger partial charge >= 0.3 is 0 Å². The molecule has 0 radical (unpaired) electrons. The fraction of sp³-hybridized carbons (Fsp3) is 0.214. The van der Waals surface area contributed by atoms with Crippen molar-refractivity contribution >= 4 is 31.9 Å². The lowest BCUT2D eigenvalue weighted by Crippen LogP contribution is -2.10. The molecule has 1 aromatic carbocycles. The number of halogens is 2. The van der Waals surface area contributed by atoms with Crippen molar-refractivity contribution in [3.8, 4) is 11.5 Å². The molecule has 1 atom stereocenters. The molecule has 0 aliphatic rings. The second-order valence-corrected chi connectivity index (χ2v) is 5.88. The molecule has 0 saturated carbocycles. The predicted octanol–water partition coefficient (Wildman–Crippen LogP) is 4.81. The van der Waals surface area contributed by atoms with E-state index in [-0.39, 0.29) is 6.04 Å². The molecular formula is C14H14Br2N2O. The molecule has 0 spiro atoms. The van der Waals surface area contributed by atoms with Crippen LogP contribution in [0, 0.1) is 0 Å². The van der Waals surface area contributed by atoms with E-state index >= 15 is 0 Å². The molecule has 3 nitrogen and oxygen atoms in total. The van der Waals surface area contributed by atoms with Gasteiger partial charge in [-0.1, -0.05) is 22.9 Å². The highest BCUT2D eigenvalue weighted by molar-refractivity contribution is 9.11. The Morgan fingerprint density at radius 1 is 1.26 bits per heavy atom. The van der Waals surface area contributed by atoms with Crippen LogP contribution in [0.1, 0.15) is 25.1 Å². The Balaban J connectivity index is 2.15. The van der Waals surface area contributed by atoms with E-state index < -0.39 is 0 Å². The van der Waals surface area contributed by atoms with Crippen molar-refractivity contribution in [2.24, 2.45) is 5.73 Å². The van der Waals surface area contributed by atoms with Crippen LogP contribution in [0.5, 0.6) is 11.5 Å². The summed E-state index contributed by atoms with van der Waals surface area (Å²) in [5, 5.41) is 0. The zero-order valence-electron chi connectivity index (χ0n) is 10.4. The largest absolute Gasteiger partial charge is 0.455 e. The lowest BCUT2D eigenvalue weighted by atomic mass is 10.1. The quantitative estimate of drug-likeness (QED) is 0.821. The van der Waals surface area contributed by atoms with Crippen LogP contribution >= 0.6 is 31.9 Å². The molecular weight excluding hydrogens is 372 g/mol. The third-order valence-corrected chi connectivity index (χ3v) is 3.81. The monoisotopic (exact) mass is 384 g/mol. The van der Waals surface area contributed by atoms with Gasteiger partial charge in [0.05, 0.1) is 16.4 Å². The number of rotatable bonds is 4. The summed E-state index contributed by atoms with van der Waals surface area (Å²) in [6.07, 6.45) is 2.56. The van der Waals surface area contributed by atoms with Gasteiger partial charge < -0.3 is 10.5 Å². The Morgan fingerprint density at radius 2 is 2.05 bits per heavy atom. The Bertz CT molecular complexity index is 558. The first-order valence-electron chi connectivity index (χ1n) is 5.94. The highest BCUT2D eigenvalue weighted by Gasteiger charge is 2.07. The first kappa shape index (κ1) is 14.5. The summed E-state index contributed by atoms with van der Waals surface area (Å²) in [6.45, 7) is 2.04. The molecule has 0 bridgehead atoms. The topological polar surface area (TPSA) is 48.1 Å². The number of benzene rings is 1. The van der Waals surface area contributed by atoms with Crippen LogP contribution in [0.4, 0.5) is 0 Å². The van der Waals surface area contributed by atoms with Crippen molar-refractivity contribution in [2.45, 2.75) is 19.4 Å². The van der Waals surface area contributed by atoms with E-state index in [1.165, 1.54) is 0 Å². The van der Waals surface area contributed by atoms with Gasteiger partial charge in [0.2, 0.25) is 0 Å². The van der Waals surface area contributed by atoms with E-state index in [9.17, 15) is 0 Å². The molecule has 0 saturated heterocycles. The highest BCUT2D eigenvalue weighted by atomic mass is 79.9. The van der Waals surface area contributed by atoms with Crippen molar-refractivity contribution < 1.29 is 4.74 Å². The summed E-state index contributed by atoms with van der Waals surface area (Å²) in [6, 6.07) is 9.51. The van der Waals surface area contributed by atoms with Gasteiger partial charge in [0.1, 0.15) is 11.5 Å².